The van der Waals surface area contributed by atoms with Crippen LogP contribution in [0.4, 0.5) is 0 Å². The SMILES string of the molecule is COc1ccc(C(=O)c2c(-c3cc(Br)ccc3O)nc3ccccc3c2-c2ccccc2)cc1. The van der Waals surface area contributed by atoms with E-state index in [0.717, 1.165) is 26.5 Å². The third kappa shape index (κ3) is 3.95. The number of rotatable bonds is 5. The van der Waals surface area contributed by atoms with Crippen molar-refractivity contribution in [2.45, 2.75) is 0 Å². The number of ketones is 1. The number of carbonyl (C=O) groups is 1. The molecule has 1 aromatic heterocycles. The van der Waals surface area contributed by atoms with E-state index in [-0.39, 0.29) is 11.5 Å². The molecule has 1 heterocycles. The first kappa shape index (κ1) is 21.9. The summed E-state index contributed by atoms with van der Waals surface area (Å²) in [6.45, 7) is 0. The molecule has 0 bridgehead atoms. The van der Waals surface area contributed by atoms with Crippen LogP contribution in [-0.2, 0) is 0 Å². The van der Waals surface area contributed by atoms with Gasteiger partial charge >= 0.3 is 0 Å². The highest BCUT2D eigenvalue weighted by atomic mass is 79.9. The first-order chi connectivity index (χ1) is 16.6. The van der Waals surface area contributed by atoms with Crippen LogP contribution in [0.3, 0.4) is 0 Å². The summed E-state index contributed by atoms with van der Waals surface area (Å²) in [4.78, 5) is 19.0. The van der Waals surface area contributed by atoms with E-state index in [9.17, 15) is 9.90 Å². The van der Waals surface area contributed by atoms with Crippen molar-refractivity contribution in [3.05, 3.63) is 113 Å². The maximum absolute atomic E-state index is 14.1. The second-order valence-electron chi connectivity index (χ2n) is 7.81. The minimum atomic E-state index is -0.186. The number of aromatic hydroxyl groups is 1. The molecule has 34 heavy (non-hydrogen) atoms. The van der Waals surface area contributed by atoms with Gasteiger partial charge in [-0.05, 0) is 54.1 Å². The van der Waals surface area contributed by atoms with Gasteiger partial charge in [0.2, 0.25) is 0 Å². The summed E-state index contributed by atoms with van der Waals surface area (Å²) in [6, 6.07) is 29.7. The maximum atomic E-state index is 14.1. The number of hydrogen-bond donors (Lipinski definition) is 1. The van der Waals surface area contributed by atoms with Crippen LogP contribution in [0, 0.1) is 0 Å². The van der Waals surface area contributed by atoms with Gasteiger partial charge in [0.05, 0.1) is 23.9 Å². The minimum Gasteiger partial charge on any atom is -0.507 e. The smallest absolute Gasteiger partial charge is 0.195 e. The van der Waals surface area contributed by atoms with Crippen LogP contribution in [-0.4, -0.2) is 23.0 Å². The summed E-state index contributed by atoms with van der Waals surface area (Å²) in [5.41, 5.74) is 4.26. The molecule has 5 heteroatoms. The third-order valence-corrected chi connectivity index (χ3v) is 6.24. The lowest BCUT2D eigenvalue weighted by molar-refractivity contribution is 0.104. The molecule has 0 aliphatic carbocycles. The van der Waals surface area contributed by atoms with E-state index in [4.69, 9.17) is 9.72 Å². The normalized spacial score (nSPS) is 10.9. The predicted octanol–water partition coefficient (Wildman–Crippen LogP) is 7.28. The Morgan fingerprint density at radius 1 is 0.882 bits per heavy atom. The van der Waals surface area contributed by atoms with E-state index >= 15 is 0 Å². The average Bonchev–Trinajstić information content (AvgIpc) is 2.89. The first-order valence-electron chi connectivity index (χ1n) is 10.7. The molecule has 4 aromatic carbocycles. The first-order valence-corrected chi connectivity index (χ1v) is 11.5. The molecule has 0 radical (unpaired) electrons. The number of para-hydroxylation sites is 1. The van der Waals surface area contributed by atoms with Crippen LogP contribution in [0.25, 0.3) is 33.3 Å². The molecule has 0 fully saturated rings. The molecule has 0 amide bonds. The van der Waals surface area contributed by atoms with Gasteiger partial charge in [-0.3, -0.25) is 4.79 Å². The zero-order chi connectivity index (χ0) is 23.7. The minimum absolute atomic E-state index is 0.0498. The molecule has 4 nitrogen and oxygen atoms in total. The highest BCUT2D eigenvalue weighted by Gasteiger charge is 2.25. The summed E-state index contributed by atoms with van der Waals surface area (Å²) in [5, 5.41) is 11.6. The number of aromatic nitrogens is 1. The highest BCUT2D eigenvalue weighted by molar-refractivity contribution is 9.10. The van der Waals surface area contributed by atoms with Crippen molar-refractivity contribution in [1.82, 2.24) is 4.98 Å². The van der Waals surface area contributed by atoms with E-state index in [1.165, 1.54) is 0 Å². The van der Waals surface area contributed by atoms with Gasteiger partial charge in [0, 0.05) is 26.5 Å². The third-order valence-electron chi connectivity index (χ3n) is 5.75. The van der Waals surface area contributed by atoms with Gasteiger partial charge in [-0.2, -0.15) is 0 Å². The van der Waals surface area contributed by atoms with E-state index in [2.05, 4.69) is 15.9 Å². The molecule has 5 rings (SSSR count). The van der Waals surface area contributed by atoms with Crippen molar-refractivity contribution < 1.29 is 14.6 Å². The fourth-order valence-electron chi connectivity index (χ4n) is 4.12. The number of ether oxygens (including phenoxy) is 1. The fourth-order valence-corrected chi connectivity index (χ4v) is 4.48. The molecular weight excluding hydrogens is 490 g/mol. The van der Waals surface area contributed by atoms with Crippen molar-refractivity contribution in [3.8, 4) is 33.9 Å². The number of carbonyl (C=O) groups excluding carboxylic acids is 1. The van der Waals surface area contributed by atoms with Crippen LogP contribution in [0.15, 0.2) is 102 Å². The number of phenols is 1. The molecule has 166 valence electrons. The highest BCUT2D eigenvalue weighted by Crippen LogP contribution is 2.41. The Morgan fingerprint density at radius 3 is 2.32 bits per heavy atom. The Labute approximate surface area is 205 Å². The lowest BCUT2D eigenvalue weighted by Gasteiger charge is -2.18. The van der Waals surface area contributed by atoms with E-state index < -0.39 is 0 Å². The predicted molar refractivity (Wildman–Crippen MR) is 138 cm³/mol. The number of nitrogens with zero attached hydrogens (tertiary/aromatic N) is 1. The Balaban J connectivity index is 1.90. The molecule has 0 spiro atoms. The van der Waals surface area contributed by atoms with Gasteiger partial charge in [-0.15, -0.1) is 0 Å². The van der Waals surface area contributed by atoms with Gasteiger partial charge in [0.1, 0.15) is 11.5 Å². The summed E-state index contributed by atoms with van der Waals surface area (Å²) in [5.74, 6) is 0.532. The number of fused-ring (bicyclic) bond motifs is 1. The number of methoxy groups -OCH3 is 1. The zero-order valence-corrected chi connectivity index (χ0v) is 19.9. The Hall–Kier alpha value is -3.96. The Bertz CT molecular complexity index is 1510. The Morgan fingerprint density at radius 2 is 1.59 bits per heavy atom. The van der Waals surface area contributed by atoms with Crippen LogP contribution < -0.4 is 4.74 Å². The number of phenolic OH excluding ortho intramolecular Hbond substituents is 1. The number of benzene rings is 4. The van der Waals surface area contributed by atoms with Crippen LogP contribution in [0.2, 0.25) is 0 Å². The zero-order valence-electron chi connectivity index (χ0n) is 18.3. The number of hydrogen-bond acceptors (Lipinski definition) is 4. The summed E-state index contributed by atoms with van der Waals surface area (Å²) in [7, 11) is 1.59. The quantitative estimate of drug-likeness (QED) is 0.253. The van der Waals surface area contributed by atoms with Crippen molar-refractivity contribution in [2.75, 3.05) is 7.11 Å². The largest absolute Gasteiger partial charge is 0.507 e. The fraction of sp³-hybridized carbons (Fsp3) is 0.0345. The molecule has 1 N–H and O–H groups in total. The Kier molecular flexibility index (Phi) is 5.86. The van der Waals surface area contributed by atoms with Gasteiger partial charge in [0.15, 0.2) is 5.78 Å². The lowest BCUT2D eigenvalue weighted by Crippen LogP contribution is -2.09. The maximum Gasteiger partial charge on any atom is 0.195 e. The topological polar surface area (TPSA) is 59.4 Å². The van der Waals surface area contributed by atoms with Gasteiger partial charge < -0.3 is 9.84 Å². The van der Waals surface area contributed by atoms with Crippen LogP contribution in [0.5, 0.6) is 11.5 Å². The molecule has 0 aliphatic rings. The van der Waals surface area contributed by atoms with E-state index in [1.807, 2.05) is 54.6 Å². The van der Waals surface area contributed by atoms with E-state index in [1.54, 1.807) is 49.6 Å². The van der Waals surface area contributed by atoms with Crippen molar-refractivity contribution in [3.63, 3.8) is 0 Å². The molecule has 0 atom stereocenters. The molecular formula is C29H20BrNO3. The molecule has 5 aromatic rings. The summed E-state index contributed by atoms with van der Waals surface area (Å²) >= 11 is 3.49. The number of halogens is 1. The molecule has 0 unspecified atom stereocenters. The average molecular weight is 510 g/mol. The second kappa shape index (κ2) is 9.12. The van der Waals surface area contributed by atoms with Crippen molar-refractivity contribution >= 4 is 32.6 Å². The van der Waals surface area contributed by atoms with Crippen LogP contribution in [0.1, 0.15) is 15.9 Å². The van der Waals surface area contributed by atoms with Crippen molar-refractivity contribution in [1.29, 1.82) is 0 Å². The molecule has 0 saturated carbocycles. The summed E-state index contributed by atoms with van der Waals surface area (Å²) in [6.07, 6.45) is 0. The van der Waals surface area contributed by atoms with Gasteiger partial charge in [0.25, 0.3) is 0 Å². The van der Waals surface area contributed by atoms with Gasteiger partial charge in [-0.25, -0.2) is 4.98 Å². The summed E-state index contributed by atoms with van der Waals surface area (Å²) < 4.78 is 6.04. The lowest BCUT2D eigenvalue weighted by atomic mass is 9.87. The standard InChI is InChI=1S/C29H20BrNO3/c1-34-21-14-11-19(12-15-21)29(33)27-26(18-7-3-2-4-8-18)22-9-5-6-10-24(22)31-28(27)23-17-20(30)13-16-25(23)32/h2-17,32H,1H3. The number of pyridine rings is 1. The monoisotopic (exact) mass is 509 g/mol. The molecule has 0 saturated heterocycles. The van der Waals surface area contributed by atoms with Crippen molar-refractivity contribution in [2.24, 2.45) is 0 Å². The van der Waals surface area contributed by atoms with Gasteiger partial charge in [-0.1, -0.05) is 64.5 Å². The molecule has 0 aliphatic heterocycles. The second-order valence-corrected chi connectivity index (χ2v) is 8.73. The van der Waals surface area contributed by atoms with Crippen LogP contribution >= 0.6 is 15.9 Å². The van der Waals surface area contributed by atoms with E-state index in [0.29, 0.717) is 28.1 Å².